The fourth-order valence-electron chi connectivity index (χ4n) is 1.33. The summed E-state index contributed by atoms with van der Waals surface area (Å²) < 4.78 is 17.5. The zero-order valence-corrected chi connectivity index (χ0v) is 10.9. The highest BCUT2D eigenvalue weighted by Crippen LogP contribution is 2.17. The van der Waals surface area contributed by atoms with Gasteiger partial charge in [0.25, 0.3) is 5.91 Å². The van der Waals surface area contributed by atoms with Crippen molar-refractivity contribution in [3.63, 3.8) is 0 Å². The topological polar surface area (TPSA) is 92.7 Å². The van der Waals surface area contributed by atoms with Crippen molar-refractivity contribution >= 4 is 28.4 Å². The quantitative estimate of drug-likeness (QED) is 0.864. The molecule has 0 aliphatic heterocycles. The zero-order chi connectivity index (χ0) is 13.7. The van der Waals surface area contributed by atoms with Crippen LogP contribution < -0.4 is 10.6 Å². The monoisotopic (exact) mass is 282 g/mol. The molecule has 100 valence electrons. The number of pyridine rings is 1. The fraction of sp³-hybridized carbons (Fsp3) is 0.300. The number of carbonyl (C=O) groups excluding carboxylic acids is 1. The molecule has 0 saturated carbocycles. The molecule has 0 radical (unpaired) electrons. The van der Waals surface area contributed by atoms with Gasteiger partial charge in [-0.2, -0.15) is 0 Å². The number of rotatable bonds is 5. The van der Waals surface area contributed by atoms with Crippen LogP contribution in [0.25, 0.3) is 0 Å². The van der Waals surface area contributed by atoms with Gasteiger partial charge in [-0.15, -0.1) is 0 Å². The van der Waals surface area contributed by atoms with E-state index in [0.29, 0.717) is 6.54 Å². The van der Waals surface area contributed by atoms with Crippen LogP contribution in [0.15, 0.2) is 12.3 Å². The molecule has 2 heterocycles. The van der Waals surface area contributed by atoms with Gasteiger partial charge in [-0.1, -0.05) is 16.5 Å². The second-order valence-electron chi connectivity index (χ2n) is 3.57. The lowest BCUT2D eigenvalue weighted by molar-refractivity contribution is 0.102. The number of nitrogens with one attached hydrogen (secondary N) is 2. The van der Waals surface area contributed by atoms with E-state index in [-0.39, 0.29) is 16.5 Å². The molecule has 2 aromatic rings. The van der Waals surface area contributed by atoms with Crippen LogP contribution in [0.2, 0.25) is 0 Å². The maximum Gasteiger partial charge on any atom is 0.260 e. The first-order valence-corrected chi connectivity index (χ1v) is 6.34. The summed E-state index contributed by atoms with van der Waals surface area (Å²) in [6.45, 7) is 2.53. The third kappa shape index (κ3) is 3.19. The molecule has 2 N–H and O–H groups in total. The standard InChI is InChI=1S/C10H11FN6OS/c1-2-4-12-8-7(11)6(3-5-13-8)9(18)14-10-15-16-17-19-10/h3,5H,2,4H2,1H3,(H,12,13)(H,14,15,17,18). The van der Waals surface area contributed by atoms with Gasteiger partial charge >= 0.3 is 0 Å². The van der Waals surface area contributed by atoms with Crippen molar-refractivity contribution in [1.82, 2.24) is 19.8 Å². The van der Waals surface area contributed by atoms with E-state index in [2.05, 4.69) is 30.4 Å². The Morgan fingerprint density at radius 3 is 3.05 bits per heavy atom. The van der Waals surface area contributed by atoms with Crippen LogP contribution in [0.3, 0.4) is 0 Å². The molecule has 2 rings (SSSR count). The lowest BCUT2D eigenvalue weighted by atomic mass is 10.2. The minimum Gasteiger partial charge on any atom is -0.368 e. The minimum absolute atomic E-state index is 0.0601. The zero-order valence-electron chi connectivity index (χ0n) is 10.1. The Labute approximate surface area is 112 Å². The van der Waals surface area contributed by atoms with Gasteiger partial charge in [0.2, 0.25) is 5.13 Å². The number of amides is 1. The normalized spacial score (nSPS) is 10.2. The summed E-state index contributed by atoms with van der Waals surface area (Å²) in [5, 5.41) is 12.3. The van der Waals surface area contributed by atoms with Gasteiger partial charge < -0.3 is 5.32 Å². The Kier molecular flexibility index (Phi) is 4.29. The van der Waals surface area contributed by atoms with Crippen molar-refractivity contribution < 1.29 is 9.18 Å². The van der Waals surface area contributed by atoms with Crippen LogP contribution in [0.1, 0.15) is 23.7 Å². The Morgan fingerprint density at radius 2 is 2.37 bits per heavy atom. The first-order valence-electron chi connectivity index (χ1n) is 5.57. The number of hydrogen-bond donors (Lipinski definition) is 2. The molecule has 19 heavy (non-hydrogen) atoms. The van der Waals surface area contributed by atoms with Crippen LogP contribution in [0, 0.1) is 5.82 Å². The van der Waals surface area contributed by atoms with Crippen molar-refractivity contribution in [2.45, 2.75) is 13.3 Å². The highest BCUT2D eigenvalue weighted by atomic mass is 32.1. The number of carbonyl (C=O) groups is 1. The van der Waals surface area contributed by atoms with E-state index in [0.717, 1.165) is 18.0 Å². The number of aromatic nitrogens is 4. The molecule has 0 aromatic carbocycles. The van der Waals surface area contributed by atoms with Crippen LogP contribution in [0.4, 0.5) is 15.3 Å². The van der Waals surface area contributed by atoms with Crippen LogP contribution in [-0.2, 0) is 0 Å². The molecule has 0 unspecified atom stereocenters. The predicted molar refractivity (Wildman–Crippen MR) is 68.6 cm³/mol. The Balaban J connectivity index is 2.17. The molecule has 1 amide bonds. The third-order valence-electron chi connectivity index (χ3n) is 2.20. The fourth-order valence-corrected chi connectivity index (χ4v) is 1.69. The maximum absolute atomic E-state index is 14.0. The molecular weight excluding hydrogens is 271 g/mol. The first-order chi connectivity index (χ1) is 9.22. The average Bonchev–Trinajstić information content (AvgIpc) is 2.90. The van der Waals surface area contributed by atoms with Crippen LogP contribution in [-0.4, -0.2) is 32.2 Å². The van der Waals surface area contributed by atoms with Crippen LogP contribution >= 0.6 is 11.5 Å². The average molecular weight is 282 g/mol. The van der Waals surface area contributed by atoms with Gasteiger partial charge in [0.1, 0.15) is 0 Å². The summed E-state index contributed by atoms with van der Waals surface area (Å²) in [5.74, 6) is -1.24. The smallest absolute Gasteiger partial charge is 0.260 e. The van der Waals surface area contributed by atoms with E-state index in [4.69, 9.17) is 0 Å². The van der Waals surface area contributed by atoms with Crippen molar-refractivity contribution in [1.29, 1.82) is 0 Å². The molecule has 0 aliphatic carbocycles. The number of halogens is 1. The van der Waals surface area contributed by atoms with Crippen molar-refractivity contribution in [2.24, 2.45) is 0 Å². The lowest BCUT2D eigenvalue weighted by Gasteiger charge is -2.08. The number of hydrogen-bond acceptors (Lipinski definition) is 7. The molecule has 0 aliphatic rings. The minimum atomic E-state index is -0.689. The van der Waals surface area contributed by atoms with Crippen molar-refractivity contribution in [3.05, 3.63) is 23.6 Å². The first kappa shape index (κ1) is 13.3. The molecule has 0 atom stereocenters. The lowest BCUT2D eigenvalue weighted by Crippen LogP contribution is -2.16. The number of nitrogens with zero attached hydrogens (tertiary/aromatic N) is 4. The summed E-state index contributed by atoms with van der Waals surface area (Å²) in [6, 6.07) is 1.30. The van der Waals surface area contributed by atoms with Gasteiger partial charge in [-0.25, -0.2) is 9.37 Å². The molecule has 0 bridgehead atoms. The van der Waals surface area contributed by atoms with Gasteiger partial charge in [0, 0.05) is 24.3 Å². The van der Waals surface area contributed by atoms with E-state index in [1.807, 2.05) is 6.92 Å². The SMILES string of the molecule is CCCNc1nccc(C(=O)Nc2nnns2)c1F. The molecular formula is C10H11FN6OS. The predicted octanol–water partition coefficient (Wildman–Crippen LogP) is 1.54. The van der Waals surface area contributed by atoms with Crippen LogP contribution in [0.5, 0.6) is 0 Å². The summed E-state index contributed by atoms with van der Waals surface area (Å²) in [6.07, 6.45) is 2.20. The van der Waals surface area contributed by atoms with E-state index >= 15 is 0 Å². The summed E-state index contributed by atoms with van der Waals surface area (Å²) in [5.41, 5.74) is -0.108. The third-order valence-corrected chi connectivity index (χ3v) is 2.71. The maximum atomic E-state index is 14.0. The molecule has 0 spiro atoms. The summed E-state index contributed by atoms with van der Waals surface area (Å²) >= 11 is 0.912. The molecule has 7 nitrogen and oxygen atoms in total. The highest BCUT2D eigenvalue weighted by Gasteiger charge is 2.17. The van der Waals surface area contributed by atoms with Gasteiger partial charge in [0.15, 0.2) is 11.6 Å². The summed E-state index contributed by atoms with van der Waals surface area (Å²) in [4.78, 5) is 15.7. The largest absolute Gasteiger partial charge is 0.368 e. The van der Waals surface area contributed by atoms with Gasteiger partial charge in [-0.3, -0.25) is 10.1 Å². The van der Waals surface area contributed by atoms with E-state index in [9.17, 15) is 9.18 Å². The van der Waals surface area contributed by atoms with E-state index < -0.39 is 11.7 Å². The van der Waals surface area contributed by atoms with Gasteiger partial charge in [0.05, 0.1) is 5.56 Å². The Morgan fingerprint density at radius 1 is 1.53 bits per heavy atom. The molecule has 0 fully saturated rings. The second-order valence-corrected chi connectivity index (χ2v) is 4.30. The van der Waals surface area contributed by atoms with Gasteiger partial charge in [-0.05, 0) is 17.7 Å². The molecule has 0 saturated heterocycles. The highest BCUT2D eigenvalue weighted by molar-refractivity contribution is 7.09. The van der Waals surface area contributed by atoms with E-state index in [1.165, 1.54) is 12.3 Å². The number of anilines is 2. The van der Waals surface area contributed by atoms with E-state index in [1.54, 1.807) is 0 Å². The molecule has 9 heteroatoms. The Bertz CT molecular complexity index is 561. The molecule has 2 aromatic heterocycles. The Hall–Kier alpha value is -2.16. The van der Waals surface area contributed by atoms with Crippen molar-refractivity contribution in [3.8, 4) is 0 Å². The second kappa shape index (κ2) is 6.14. The summed E-state index contributed by atoms with van der Waals surface area (Å²) in [7, 11) is 0. The van der Waals surface area contributed by atoms with Crippen molar-refractivity contribution in [2.75, 3.05) is 17.2 Å².